The number of allylic oxidation sites excluding steroid dienone is 10. The van der Waals surface area contributed by atoms with Crippen LogP contribution in [0.5, 0.6) is 0 Å². The Labute approximate surface area is 528 Å². The second kappa shape index (κ2) is 24.5. The van der Waals surface area contributed by atoms with Gasteiger partial charge in [-0.1, -0.05) is 146 Å². The van der Waals surface area contributed by atoms with Crippen LogP contribution in [0.1, 0.15) is 89.8 Å². The standard InChI is InChI=1S/C85H78N4/c1-10-12-20-59(4)45-46-86(68-29-14-22-60(5)47-68)69-37-42-80-81-44-40-77(88(71-31-16-24-62(7)49-71)72-32-17-25-63(8)50-72)56-84(81)85(82(80)54-69)57-66-53-75(89(73-33-18-26-64(9)51-73)74-34-19-27-65(11-2)52-74)38-41-78(66)79-43-39-76(55-83(79)85)87(70-30-15-23-61(6)48-70)67-28-13-21-58(3)35-36-67/h10,12-34,36-56H,11,35,57H2,1-9H3/b12-10-,46-45+,59-20-. The van der Waals surface area contributed by atoms with Gasteiger partial charge in [-0.3, -0.25) is 0 Å². The minimum atomic E-state index is -0.720. The number of nitrogens with zero attached hydrogens (tertiary/aromatic N) is 4. The van der Waals surface area contributed by atoms with Gasteiger partial charge >= 0.3 is 0 Å². The topological polar surface area (TPSA) is 13.0 Å². The molecule has 0 amide bonds. The fourth-order valence-electron chi connectivity index (χ4n) is 13.7. The number of rotatable bonds is 15. The van der Waals surface area contributed by atoms with E-state index in [1.807, 2.05) is 0 Å². The van der Waals surface area contributed by atoms with Crippen LogP contribution in [0.4, 0.5) is 56.9 Å². The number of hydrogen-bond acceptors (Lipinski definition) is 4. The highest BCUT2D eigenvalue weighted by Crippen LogP contribution is 2.61. The molecule has 0 bridgehead atoms. The molecule has 0 aromatic heterocycles. The summed E-state index contributed by atoms with van der Waals surface area (Å²) in [7, 11) is 0. The largest absolute Gasteiger partial charge is 0.317 e. The number of aryl methyl sites for hydroxylation is 6. The van der Waals surface area contributed by atoms with Crippen LogP contribution in [-0.2, 0) is 18.3 Å². The molecule has 10 aromatic carbocycles. The zero-order valence-electron chi connectivity index (χ0n) is 52.9. The summed E-state index contributed by atoms with van der Waals surface area (Å²) in [5.41, 5.74) is 31.6. The molecule has 10 aromatic rings. The van der Waals surface area contributed by atoms with Crippen LogP contribution in [0.25, 0.3) is 22.3 Å². The van der Waals surface area contributed by atoms with Crippen LogP contribution in [0.2, 0.25) is 0 Å². The molecular formula is C85H78N4. The lowest BCUT2D eigenvalue weighted by molar-refractivity contribution is 0.622. The second-order valence-electron chi connectivity index (χ2n) is 24.7. The Bertz CT molecular complexity index is 4510. The lowest BCUT2D eigenvalue weighted by atomic mass is 9.62. The fourth-order valence-corrected chi connectivity index (χ4v) is 13.7. The first-order valence-corrected chi connectivity index (χ1v) is 31.6. The lowest BCUT2D eigenvalue weighted by Gasteiger charge is -2.41. The maximum absolute atomic E-state index is 2.56. The van der Waals surface area contributed by atoms with Gasteiger partial charge in [0.25, 0.3) is 0 Å². The summed E-state index contributed by atoms with van der Waals surface area (Å²) in [6.07, 6.45) is 22.5. The quantitative estimate of drug-likeness (QED) is 0.0949. The molecule has 0 aliphatic heterocycles. The molecule has 438 valence electrons. The van der Waals surface area contributed by atoms with Gasteiger partial charge in [-0.2, -0.15) is 0 Å². The molecule has 0 saturated heterocycles. The summed E-state index contributed by atoms with van der Waals surface area (Å²) >= 11 is 0. The zero-order chi connectivity index (χ0) is 61.3. The smallest absolute Gasteiger partial charge is 0.0512 e. The molecule has 0 saturated carbocycles. The molecule has 1 spiro atoms. The van der Waals surface area contributed by atoms with Crippen molar-refractivity contribution in [2.75, 3.05) is 19.6 Å². The van der Waals surface area contributed by atoms with Crippen molar-refractivity contribution >= 4 is 56.9 Å². The second-order valence-corrected chi connectivity index (χ2v) is 24.7. The molecule has 3 aliphatic rings. The highest BCUT2D eigenvalue weighted by atomic mass is 15.2. The SMILES string of the molecule is C\C=C/C=C(C)\C=C\N(c1cccc(C)c1)c1ccc2c(c1)C1(Cc3cc(N(c4cccc(C)c4)c4cccc(CC)c4)ccc3-c3ccc(N(C4=CCC(C)=CC=C4)c4cccc(C)c4)cc31)c1cc(N(c3cccc(C)c3)c3cccc(C)c3)ccc1-2. The Morgan fingerprint density at radius 2 is 0.865 bits per heavy atom. The van der Waals surface area contributed by atoms with Gasteiger partial charge in [0.15, 0.2) is 0 Å². The van der Waals surface area contributed by atoms with Gasteiger partial charge in [0.1, 0.15) is 0 Å². The molecule has 89 heavy (non-hydrogen) atoms. The lowest BCUT2D eigenvalue weighted by Crippen LogP contribution is -2.34. The van der Waals surface area contributed by atoms with E-state index in [1.165, 1.54) is 83.5 Å². The zero-order valence-corrected chi connectivity index (χ0v) is 52.9. The van der Waals surface area contributed by atoms with Crippen molar-refractivity contribution in [3.63, 3.8) is 0 Å². The van der Waals surface area contributed by atoms with Gasteiger partial charge in [0.2, 0.25) is 0 Å². The maximum Gasteiger partial charge on any atom is 0.0512 e. The third kappa shape index (κ3) is 11.3. The van der Waals surface area contributed by atoms with Gasteiger partial charge in [-0.15, -0.1) is 0 Å². The normalized spacial score (nSPS) is 14.9. The Kier molecular flexibility index (Phi) is 16.0. The highest BCUT2D eigenvalue weighted by molar-refractivity contribution is 5.94. The third-order valence-corrected chi connectivity index (χ3v) is 18.0. The summed E-state index contributed by atoms with van der Waals surface area (Å²) in [4.78, 5) is 9.81. The third-order valence-electron chi connectivity index (χ3n) is 18.0. The molecule has 4 heteroatoms. The number of hydrogen-bond donors (Lipinski definition) is 0. The van der Waals surface area contributed by atoms with E-state index in [2.05, 4.69) is 355 Å². The van der Waals surface area contributed by atoms with Crippen LogP contribution >= 0.6 is 0 Å². The van der Waals surface area contributed by atoms with Crippen LogP contribution in [0.3, 0.4) is 0 Å². The molecule has 1 unspecified atom stereocenters. The van der Waals surface area contributed by atoms with Crippen LogP contribution in [0, 0.1) is 34.6 Å². The van der Waals surface area contributed by atoms with Crippen LogP contribution in [0.15, 0.2) is 290 Å². The number of fused-ring (bicyclic) bond motifs is 9. The van der Waals surface area contributed by atoms with Crippen LogP contribution in [-0.4, -0.2) is 0 Å². The van der Waals surface area contributed by atoms with Crippen molar-refractivity contribution in [1.82, 2.24) is 0 Å². The van der Waals surface area contributed by atoms with E-state index in [1.54, 1.807) is 0 Å². The first-order chi connectivity index (χ1) is 43.3. The molecule has 0 fully saturated rings. The van der Waals surface area contributed by atoms with Crippen molar-refractivity contribution in [3.05, 3.63) is 346 Å². The fraction of sp³-hybridized carbons (Fsp3) is 0.153. The Morgan fingerprint density at radius 1 is 0.449 bits per heavy atom. The van der Waals surface area contributed by atoms with E-state index < -0.39 is 5.41 Å². The van der Waals surface area contributed by atoms with Crippen molar-refractivity contribution in [1.29, 1.82) is 0 Å². The molecule has 3 aliphatic carbocycles. The highest BCUT2D eigenvalue weighted by Gasteiger charge is 2.49. The Hall–Kier alpha value is -10.2. The Balaban J connectivity index is 1.13. The van der Waals surface area contributed by atoms with Crippen molar-refractivity contribution in [3.8, 4) is 22.3 Å². The summed E-state index contributed by atoms with van der Waals surface area (Å²) in [5, 5.41) is 0. The van der Waals surface area contributed by atoms with Gasteiger partial charge in [-0.05, 0) is 292 Å². The van der Waals surface area contributed by atoms with E-state index in [-0.39, 0.29) is 0 Å². The molecule has 13 rings (SSSR count). The molecule has 4 nitrogen and oxygen atoms in total. The average molecular weight is 1160 g/mol. The summed E-state index contributed by atoms with van der Waals surface area (Å²) in [5.74, 6) is 0. The molecule has 1 atom stereocenters. The maximum atomic E-state index is 2.56. The Morgan fingerprint density at radius 3 is 1.39 bits per heavy atom. The summed E-state index contributed by atoms with van der Waals surface area (Å²) < 4.78 is 0. The molecule has 0 radical (unpaired) electrons. The van der Waals surface area contributed by atoms with E-state index >= 15 is 0 Å². The first-order valence-electron chi connectivity index (χ1n) is 31.6. The van der Waals surface area contributed by atoms with Crippen LogP contribution < -0.4 is 19.6 Å². The minimum absolute atomic E-state index is 0.701. The van der Waals surface area contributed by atoms with E-state index in [9.17, 15) is 0 Å². The molecule has 0 heterocycles. The van der Waals surface area contributed by atoms with Gasteiger partial charge in [-0.25, -0.2) is 0 Å². The monoisotopic (exact) mass is 1150 g/mol. The van der Waals surface area contributed by atoms with Crippen molar-refractivity contribution < 1.29 is 0 Å². The molecular weight excluding hydrogens is 1080 g/mol. The molecule has 0 N–H and O–H groups in total. The van der Waals surface area contributed by atoms with Crippen molar-refractivity contribution in [2.24, 2.45) is 0 Å². The first kappa shape index (κ1) is 57.9. The number of anilines is 10. The van der Waals surface area contributed by atoms with Gasteiger partial charge in [0.05, 0.1) is 5.41 Å². The van der Waals surface area contributed by atoms with E-state index in [0.29, 0.717) is 6.42 Å². The van der Waals surface area contributed by atoms with Gasteiger partial charge < -0.3 is 19.6 Å². The van der Waals surface area contributed by atoms with Crippen molar-refractivity contribution in [2.45, 2.75) is 87.0 Å². The van der Waals surface area contributed by atoms with Gasteiger partial charge in [0, 0.05) is 68.8 Å². The van der Waals surface area contributed by atoms with E-state index in [4.69, 9.17) is 0 Å². The predicted octanol–water partition coefficient (Wildman–Crippen LogP) is 23.4. The average Bonchev–Trinajstić information content (AvgIpc) is 1.59. The summed E-state index contributed by atoms with van der Waals surface area (Å²) in [6.45, 7) is 19.7. The summed E-state index contributed by atoms with van der Waals surface area (Å²) in [6, 6.07) is 83.2. The predicted molar refractivity (Wildman–Crippen MR) is 380 cm³/mol. The minimum Gasteiger partial charge on any atom is -0.317 e. The number of benzene rings is 10. The van der Waals surface area contributed by atoms with E-state index in [0.717, 1.165) is 81.0 Å².